The van der Waals surface area contributed by atoms with Gasteiger partial charge in [0.2, 0.25) is 0 Å². The Morgan fingerprint density at radius 3 is 2.39 bits per heavy atom. The number of halogens is 2. The number of fused-ring (bicyclic) bond motifs is 1. The zero-order chi connectivity index (χ0) is 26.9. The summed E-state index contributed by atoms with van der Waals surface area (Å²) in [5, 5.41) is 25.1. The van der Waals surface area contributed by atoms with Gasteiger partial charge in [0.15, 0.2) is 0 Å². The number of nitrogens with zero attached hydrogens (tertiary/aromatic N) is 2. The van der Waals surface area contributed by atoms with Crippen LogP contribution < -0.4 is 44.7 Å². The van der Waals surface area contributed by atoms with Gasteiger partial charge in [0.05, 0.1) is 23.5 Å². The van der Waals surface area contributed by atoms with Gasteiger partial charge in [-0.15, -0.1) is 5.11 Å². The zero-order valence-electron chi connectivity index (χ0n) is 20.3. The first kappa shape index (κ1) is 29.9. The van der Waals surface area contributed by atoms with E-state index in [1.165, 1.54) is 38.3 Å². The molecule has 13 heteroatoms. The number of benzene rings is 4. The monoisotopic (exact) mass is 581 g/mol. The Kier molecular flexibility index (Phi) is 9.43. The largest absolute Gasteiger partial charge is 1.00 e. The summed E-state index contributed by atoms with van der Waals surface area (Å²) in [6.45, 7) is 1.45. The Balaban J connectivity index is 0.00000400. The van der Waals surface area contributed by atoms with E-state index in [0.717, 1.165) is 0 Å². The van der Waals surface area contributed by atoms with Gasteiger partial charge in [-0.05, 0) is 48.2 Å². The molecule has 38 heavy (non-hydrogen) atoms. The number of methoxy groups -OCH3 is 1. The summed E-state index contributed by atoms with van der Waals surface area (Å²) in [7, 11) is -3.29. The molecule has 0 unspecified atom stereocenters. The maximum Gasteiger partial charge on any atom is 1.00 e. The molecule has 1 amide bonds. The molecular formula is C25H18Cl2N3NaO6S. The van der Waals surface area contributed by atoms with Crippen LogP contribution in [0.15, 0.2) is 75.8 Å². The molecule has 0 saturated heterocycles. The first-order valence-corrected chi connectivity index (χ1v) is 12.8. The molecular weight excluding hydrogens is 564 g/mol. The molecule has 0 saturated carbocycles. The van der Waals surface area contributed by atoms with E-state index in [-0.39, 0.29) is 62.8 Å². The quantitative estimate of drug-likeness (QED) is 0.203. The van der Waals surface area contributed by atoms with Crippen molar-refractivity contribution in [2.24, 2.45) is 10.2 Å². The van der Waals surface area contributed by atoms with E-state index in [1.807, 2.05) is 0 Å². The Labute approximate surface area is 250 Å². The second-order valence-electron chi connectivity index (χ2n) is 7.84. The predicted molar refractivity (Wildman–Crippen MR) is 140 cm³/mol. The molecule has 0 aliphatic heterocycles. The average molecular weight is 582 g/mol. The third-order valence-corrected chi connectivity index (χ3v) is 6.99. The normalized spacial score (nSPS) is 11.4. The van der Waals surface area contributed by atoms with E-state index in [1.54, 1.807) is 36.4 Å². The number of rotatable bonds is 6. The van der Waals surface area contributed by atoms with Crippen LogP contribution in [0.5, 0.6) is 11.5 Å². The summed E-state index contributed by atoms with van der Waals surface area (Å²) in [6, 6.07) is 15.5. The summed E-state index contributed by atoms with van der Waals surface area (Å²) in [5.74, 6) is -1.18. The minimum absolute atomic E-state index is 0. The minimum Gasteiger partial charge on any atom is -0.870 e. The Bertz CT molecular complexity index is 1700. The first-order valence-electron chi connectivity index (χ1n) is 10.6. The summed E-state index contributed by atoms with van der Waals surface area (Å²) >= 11 is 12.2. The van der Waals surface area contributed by atoms with Gasteiger partial charge >= 0.3 is 29.6 Å². The van der Waals surface area contributed by atoms with Crippen molar-refractivity contribution in [1.82, 2.24) is 0 Å². The third kappa shape index (κ3) is 6.13. The third-order valence-electron chi connectivity index (χ3n) is 5.42. The maximum atomic E-state index is 13.4. The fraction of sp³-hybridized carbons (Fsp3) is 0.0800. The van der Waals surface area contributed by atoms with Crippen LogP contribution in [0, 0.1) is 6.92 Å². The number of ether oxygens (including phenoxy) is 1. The Hall–Kier alpha value is -2.70. The Morgan fingerprint density at radius 2 is 1.71 bits per heavy atom. The molecule has 0 spiro atoms. The number of aryl methyl sites for hydroxylation is 1. The maximum absolute atomic E-state index is 13.4. The summed E-state index contributed by atoms with van der Waals surface area (Å²) in [6.07, 6.45) is 0. The van der Waals surface area contributed by atoms with E-state index in [0.29, 0.717) is 21.5 Å². The number of hydrogen-bond donors (Lipinski definition) is 2. The van der Waals surface area contributed by atoms with Crippen LogP contribution in [0.4, 0.5) is 17.1 Å². The fourth-order valence-electron chi connectivity index (χ4n) is 3.71. The molecule has 0 radical (unpaired) electrons. The molecule has 0 aliphatic rings. The van der Waals surface area contributed by atoms with Crippen LogP contribution in [0.25, 0.3) is 10.8 Å². The van der Waals surface area contributed by atoms with Crippen LogP contribution >= 0.6 is 23.2 Å². The van der Waals surface area contributed by atoms with Gasteiger partial charge in [0.25, 0.3) is 16.0 Å². The molecule has 0 aliphatic carbocycles. The average Bonchev–Trinajstić information content (AvgIpc) is 2.84. The molecule has 190 valence electrons. The summed E-state index contributed by atoms with van der Waals surface area (Å²) < 4.78 is 38.9. The van der Waals surface area contributed by atoms with Crippen molar-refractivity contribution in [3.05, 3.63) is 81.8 Å². The standard InChI is InChI=1S/C25H19Cl2N3O6S.Na/c1-13-7-9-18(27)22(24(13)37(33,34)35)30-29-21-16-6-4-3-5-14(16)11-17(23(21)31)25(32)28-19-12-15(26)8-10-20(19)36-2;/h3-12,31H,1-2H3,(H,28,32)(H,33,34,35);/q;+1/p-1. The molecule has 0 aromatic heterocycles. The Morgan fingerprint density at radius 1 is 1.03 bits per heavy atom. The molecule has 4 aromatic carbocycles. The number of hydrogen-bond acceptors (Lipinski definition) is 7. The van der Waals surface area contributed by atoms with Gasteiger partial charge in [-0.2, -0.15) is 13.5 Å². The van der Waals surface area contributed by atoms with E-state index >= 15 is 0 Å². The molecule has 0 atom stereocenters. The summed E-state index contributed by atoms with van der Waals surface area (Å²) in [4.78, 5) is 12.6. The van der Waals surface area contributed by atoms with Crippen LogP contribution in [0.2, 0.25) is 10.0 Å². The number of carbonyl (C=O) groups is 1. The number of carbonyl (C=O) groups excluding carboxylic acids is 1. The number of azo groups is 1. The van der Waals surface area contributed by atoms with Crippen molar-refractivity contribution in [3.8, 4) is 11.5 Å². The van der Waals surface area contributed by atoms with Gasteiger partial charge in [-0.25, -0.2) is 0 Å². The van der Waals surface area contributed by atoms with Crippen molar-refractivity contribution < 1.29 is 57.2 Å². The van der Waals surface area contributed by atoms with Gasteiger partial charge in [-0.3, -0.25) is 9.35 Å². The second kappa shape index (κ2) is 12.0. The van der Waals surface area contributed by atoms with Gasteiger partial charge in [0, 0.05) is 16.0 Å². The topological polar surface area (TPSA) is 140 Å². The molecule has 0 fully saturated rings. The number of anilines is 1. The van der Waals surface area contributed by atoms with Crippen LogP contribution in [-0.4, -0.2) is 26.0 Å². The van der Waals surface area contributed by atoms with Gasteiger partial charge in [0.1, 0.15) is 16.3 Å². The van der Waals surface area contributed by atoms with Crippen molar-refractivity contribution in [1.29, 1.82) is 0 Å². The second-order valence-corrected chi connectivity index (χ2v) is 10.0. The fourth-order valence-corrected chi connectivity index (χ4v) is 5.01. The summed E-state index contributed by atoms with van der Waals surface area (Å²) in [5.41, 5.74) is -0.386. The van der Waals surface area contributed by atoms with Crippen LogP contribution in [0.1, 0.15) is 15.9 Å². The van der Waals surface area contributed by atoms with Crippen LogP contribution in [-0.2, 0) is 10.1 Å². The van der Waals surface area contributed by atoms with Crippen molar-refractivity contribution in [2.45, 2.75) is 11.8 Å². The van der Waals surface area contributed by atoms with Crippen molar-refractivity contribution >= 4 is 67.1 Å². The SMILES string of the molecule is COc1ccc(Cl)cc1NC(=O)c1cc2ccccc2c(N=Nc2c(Cl)ccc(C)c2S(=O)(=O)O)c1[O-].[Na+]. The molecule has 9 nitrogen and oxygen atoms in total. The van der Waals surface area contributed by atoms with E-state index < -0.39 is 26.7 Å². The molecule has 0 heterocycles. The van der Waals surface area contributed by atoms with Crippen LogP contribution in [0.3, 0.4) is 0 Å². The van der Waals surface area contributed by atoms with E-state index in [4.69, 9.17) is 27.9 Å². The number of amides is 1. The molecule has 4 rings (SSSR count). The molecule has 0 bridgehead atoms. The minimum atomic E-state index is -4.71. The predicted octanol–water partition coefficient (Wildman–Crippen LogP) is 3.46. The molecule has 4 aromatic rings. The van der Waals surface area contributed by atoms with E-state index in [9.17, 15) is 22.9 Å². The zero-order valence-corrected chi connectivity index (χ0v) is 24.6. The smallest absolute Gasteiger partial charge is 0.870 e. The van der Waals surface area contributed by atoms with Gasteiger partial charge < -0.3 is 15.2 Å². The van der Waals surface area contributed by atoms with Crippen molar-refractivity contribution in [3.63, 3.8) is 0 Å². The van der Waals surface area contributed by atoms with Gasteiger partial charge in [-0.1, -0.05) is 59.3 Å². The number of nitrogens with one attached hydrogen (secondary N) is 1. The molecule has 2 N–H and O–H groups in total. The first-order chi connectivity index (χ1) is 17.5. The van der Waals surface area contributed by atoms with E-state index in [2.05, 4.69) is 15.5 Å². The van der Waals surface area contributed by atoms with Crippen molar-refractivity contribution in [2.75, 3.05) is 12.4 Å².